The van der Waals surface area contributed by atoms with E-state index in [4.69, 9.17) is 0 Å². The zero-order chi connectivity index (χ0) is 21.4. The molecule has 4 rings (SSSR count). The lowest BCUT2D eigenvalue weighted by Crippen LogP contribution is -2.32. The molecule has 2 aromatic carbocycles. The summed E-state index contributed by atoms with van der Waals surface area (Å²) in [4.78, 5) is 24.9. The van der Waals surface area contributed by atoms with Crippen molar-refractivity contribution in [1.82, 2.24) is 13.7 Å². The van der Waals surface area contributed by atoms with E-state index in [1.807, 2.05) is 44.3 Å². The zero-order valence-electron chi connectivity index (χ0n) is 17.6. The van der Waals surface area contributed by atoms with Crippen molar-refractivity contribution in [2.24, 2.45) is 7.05 Å². The molecule has 2 heterocycles. The summed E-state index contributed by atoms with van der Waals surface area (Å²) in [5.74, 6) is -1.14. The van der Waals surface area contributed by atoms with Gasteiger partial charge in [-0.15, -0.1) is 0 Å². The van der Waals surface area contributed by atoms with Crippen molar-refractivity contribution in [2.45, 2.75) is 45.7 Å². The maximum atomic E-state index is 13.5. The highest BCUT2D eigenvalue weighted by Crippen LogP contribution is 2.27. The van der Waals surface area contributed by atoms with E-state index in [-0.39, 0.29) is 12.1 Å². The molecule has 0 N–H and O–H groups in total. The number of hydrogen-bond acceptors (Lipinski definition) is 3. The van der Waals surface area contributed by atoms with Gasteiger partial charge in [0.15, 0.2) is 0 Å². The molecule has 0 spiro atoms. The number of hydrogen-bond donors (Lipinski definition) is 0. The van der Waals surface area contributed by atoms with Gasteiger partial charge in [0.2, 0.25) is 0 Å². The molecule has 30 heavy (non-hydrogen) atoms. The molecule has 0 fully saturated rings. The fourth-order valence-electron chi connectivity index (χ4n) is 4.61. The van der Waals surface area contributed by atoms with Crippen LogP contribution in [-0.2, 0) is 18.4 Å². The Bertz CT molecular complexity index is 1290. The number of carboxylic acids is 1. The second-order valence-electron chi connectivity index (χ2n) is 7.98. The van der Waals surface area contributed by atoms with Gasteiger partial charge < -0.3 is 14.5 Å². The maximum absolute atomic E-state index is 13.5. The third kappa shape index (κ3) is 3.32. The summed E-state index contributed by atoms with van der Waals surface area (Å²) in [6, 6.07) is 13.4. The fraction of sp³-hybridized carbons (Fsp3) is 0.333. The number of aromatic nitrogens is 3. The molecule has 6 heteroatoms. The maximum Gasteiger partial charge on any atom is 0.329 e. The molecule has 6 nitrogen and oxygen atoms in total. The van der Waals surface area contributed by atoms with Gasteiger partial charge in [-0.1, -0.05) is 37.6 Å². The molecular formula is C24H26N3O3-. The van der Waals surface area contributed by atoms with E-state index in [1.54, 1.807) is 9.13 Å². The number of carbonyl (C=O) groups excluding carboxylic acids is 1. The molecular weight excluding hydrogens is 378 g/mol. The molecule has 0 saturated heterocycles. The van der Waals surface area contributed by atoms with Gasteiger partial charge in [0, 0.05) is 42.6 Å². The molecule has 0 radical (unpaired) electrons. The van der Waals surface area contributed by atoms with Gasteiger partial charge in [-0.3, -0.25) is 9.13 Å². The van der Waals surface area contributed by atoms with Gasteiger partial charge in [-0.2, -0.15) is 0 Å². The summed E-state index contributed by atoms with van der Waals surface area (Å²) >= 11 is 0. The minimum atomic E-state index is -1.14. The number of carbonyl (C=O) groups is 1. The number of carboxylic acid groups (broad SMARTS) is 1. The first kappa shape index (κ1) is 20.0. The summed E-state index contributed by atoms with van der Waals surface area (Å²) in [6.45, 7) is 4.50. The Balaban J connectivity index is 1.90. The lowest BCUT2D eigenvalue weighted by molar-refractivity contribution is -0.306. The van der Waals surface area contributed by atoms with Gasteiger partial charge in [-0.05, 0) is 42.7 Å². The lowest BCUT2D eigenvalue weighted by atomic mass is 10.1. The lowest BCUT2D eigenvalue weighted by Gasteiger charge is -2.18. The van der Waals surface area contributed by atoms with Crippen LogP contribution < -0.4 is 10.8 Å². The van der Waals surface area contributed by atoms with E-state index in [1.165, 1.54) is 5.56 Å². The minimum Gasteiger partial charge on any atom is -0.550 e. The summed E-state index contributed by atoms with van der Waals surface area (Å²) in [5.41, 5.74) is 4.76. The van der Waals surface area contributed by atoms with E-state index in [9.17, 15) is 14.7 Å². The van der Waals surface area contributed by atoms with Crippen LogP contribution in [0.5, 0.6) is 0 Å². The Morgan fingerprint density at radius 2 is 1.77 bits per heavy atom. The molecule has 0 aliphatic rings. The third-order valence-corrected chi connectivity index (χ3v) is 5.89. The molecule has 0 bridgehead atoms. The van der Waals surface area contributed by atoms with Gasteiger partial charge in [0.05, 0.1) is 17.6 Å². The molecule has 156 valence electrons. The van der Waals surface area contributed by atoms with E-state index < -0.39 is 12.0 Å². The fourth-order valence-corrected chi connectivity index (χ4v) is 4.61. The van der Waals surface area contributed by atoms with Crippen LogP contribution in [0.15, 0.2) is 53.5 Å². The molecule has 4 aromatic rings. The Hall–Kier alpha value is -3.28. The van der Waals surface area contributed by atoms with Crippen molar-refractivity contribution >= 4 is 27.9 Å². The van der Waals surface area contributed by atoms with Crippen molar-refractivity contribution in [3.63, 3.8) is 0 Å². The number of para-hydroxylation sites is 2. The number of rotatable bonds is 7. The Morgan fingerprint density at radius 1 is 1.07 bits per heavy atom. The van der Waals surface area contributed by atoms with Gasteiger partial charge in [0.1, 0.15) is 0 Å². The second-order valence-corrected chi connectivity index (χ2v) is 7.98. The standard InChI is InChI=1S/C24H27N3O3/c1-4-8-18(13-22(28)29)27-20-11-6-5-10-19(20)26(24(27)30)15-17-14-25(3)21-12-7-9-16(2)23(17)21/h5-7,9-12,14,18H,4,8,13,15H2,1-3H3,(H,28,29)/p-1/t18-/m0/s1. The summed E-state index contributed by atoms with van der Waals surface area (Å²) in [7, 11) is 2.01. The first-order chi connectivity index (χ1) is 14.4. The Labute approximate surface area is 175 Å². The van der Waals surface area contributed by atoms with Crippen LogP contribution in [0, 0.1) is 6.92 Å². The monoisotopic (exact) mass is 404 g/mol. The van der Waals surface area contributed by atoms with Crippen LogP contribution >= 0.6 is 0 Å². The third-order valence-electron chi connectivity index (χ3n) is 5.89. The molecule has 2 aromatic heterocycles. The quantitative estimate of drug-likeness (QED) is 0.475. The average molecular weight is 404 g/mol. The smallest absolute Gasteiger partial charge is 0.329 e. The largest absolute Gasteiger partial charge is 0.550 e. The predicted octanol–water partition coefficient (Wildman–Crippen LogP) is 3.13. The van der Waals surface area contributed by atoms with Crippen LogP contribution in [0.2, 0.25) is 0 Å². The number of aryl methyl sites for hydroxylation is 2. The van der Waals surface area contributed by atoms with Gasteiger partial charge in [0.25, 0.3) is 0 Å². The zero-order valence-corrected chi connectivity index (χ0v) is 17.6. The molecule has 1 atom stereocenters. The summed E-state index contributed by atoms with van der Waals surface area (Å²) in [5, 5.41) is 12.5. The normalized spacial score (nSPS) is 12.6. The summed E-state index contributed by atoms with van der Waals surface area (Å²) in [6.07, 6.45) is 3.29. The Morgan fingerprint density at radius 3 is 2.47 bits per heavy atom. The van der Waals surface area contributed by atoms with E-state index in [0.717, 1.165) is 33.9 Å². The molecule has 0 amide bonds. The van der Waals surface area contributed by atoms with E-state index in [0.29, 0.717) is 13.0 Å². The Kier molecular flexibility index (Phi) is 5.24. The second kappa shape index (κ2) is 7.86. The number of aliphatic carboxylic acids is 1. The van der Waals surface area contributed by atoms with Crippen LogP contribution in [0.1, 0.15) is 43.4 Å². The van der Waals surface area contributed by atoms with Crippen LogP contribution in [0.4, 0.5) is 0 Å². The van der Waals surface area contributed by atoms with Gasteiger partial charge in [-0.25, -0.2) is 4.79 Å². The van der Waals surface area contributed by atoms with Crippen molar-refractivity contribution in [3.8, 4) is 0 Å². The molecule has 0 aliphatic carbocycles. The predicted molar refractivity (Wildman–Crippen MR) is 117 cm³/mol. The van der Waals surface area contributed by atoms with Crippen LogP contribution in [0.25, 0.3) is 21.9 Å². The van der Waals surface area contributed by atoms with Crippen molar-refractivity contribution in [2.75, 3.05) is 0 Å². The number of fused-ring (bicyclic) bond motifs is 2. The van der Waals surface area contributed by atoms with E-state index in [2.05, 4.69) is 29.8 Å². The molecule has 0 unspecified atom stereocenters. The number of benzene rings is 2. The number of nitrogens with zero attached hydrogens (tertiary/aromatic N) is 3. The minimum absolute atomic E-state index is 0.171. The van der Waals surface area contributed by atoms with Gasteiger partial charge >= 0.3 is 5.69 Å². The first-order valence-electron chi connectivity index (χ1n) is 10.4. The van der Waals surface area contributed by atoms with Crippen LogP contribution in [-0.4, -0.2) is 19.7 Å². The molecule has 0 aliphatic heterocycles. The highest BCUT2D eigenvalue weighted by atomic mass is 16.4. The average Bonchev–Trinajstić information content (AvgIpc) is 3.17. The summed E-state index contributed by atoms with van der Waals surface area (Å²) < 4.78 is 5.49. The molecule has 0 saturated carbocycles. The number of imidazole rings is 1. The first-order valence-corrected chi connectivity index (χ1v) is 10.4. The van der Waals surface area contributed by atoms with E-state index >= 15 is 0 Å². The highest BCUT2D eigenvalue weighted by Gasteiger charge is 2.21. The van der Waals surface area contributed by atoms with Crippen molar-refractivity contribution in [3.05, 3.63) is 70.3 Å². The van der Waals surface area contributed by atoms with Crippen molar-refractivity contribution < 1.29 is 9.90 Å². The van der Waals surface area contributed by atoms with Crippen molar-refractivity contribution in [1.29, 1.82) is 0 Å². The van der Waals surface area contributed by atoms with Crippen LogP contribution in [0.3, 0.4) is 0 Å². The highest BCUT2D eigenvalue weighted by molar-refractivity contribution is 5.87. The topological polar surface area (TPSA) is 72.0 Å². The SMILES string of the molecule is CCC[C@@H](CC(=O)[O-])n1c(=O)n(Cc2cn(C)c3cccc(C)c23)c2ccccc21.